The van der Waals surface area contributed by atoms with Gasteiger partial charge in [0.2, 0.25) is 0 Å². The number of aromatic nitrogens is 3. The first-order valence-corrected chi connectivity index (χ1v) is 11.7. The summed E-state index contributed by atoms with van der Waals surface area (Å²) in [5.41, 5.74) is 9.87. The Morgan fingerprint density at radius 1 is 1.24 bits per heavy atom. The lowest BCUT2D eigenvalue weighted by Crippen LogP contribution is -2.43. The molecule has 0 atom stereocenters. The van der Waals surface area contributed by atoms with Gasteiger partial charge < -0.3 is 26.0 Å². The number of aryl methyl sites for hydroxylation is 1. The third kappa shape index (κ3) is 5.37. The lowest BCUT2D eigenvalue weighted by molar-refractivity contribution is 0.0948. The number of carbonyl (C=O) groups excluding carboxylic acids is 1. The second-order valence-corrected chi connectivity index (χ2v) is 8.32. The van der Waals surface area contributed by atoms with Crippen LogP contribution in [0.25, 0.3) is 11.1 Å². The number of nitrogens with one attached hydrogen (secondary N) is 2. The van der Waals surface area contributed by atoms with E-state index in [1.807, 2.05) is 44.4 Å². The van der Waals surface area contributed by atoms with Crippen LogP contribution in [0.2, 0.25) is 0 Å². The molecule has 1 aliphatic rings. The molecule has 4 N–H and O–H groups in total. The highest BCUT2D eigenvalue weighted by molar-refractivity contribution is 5.94. The van der Waals surface area contributed by atoms with Gasteiger partial charge in [-0.3, -0.25) is 9.48 Å². The number of anilines is 1. The predicted molar refractivity (Wildman–Crippen MR) is 133 cm³/mol. The van der Waals surface area contributed by atoms with E-state index in [-0.39, 0.29) is 5.91 Å². The number of hydrogen-bond acceptors (Lipinski definition) is 7. The molecular weight excluding hydrogens is 430 g/mol. The number of carbonyl (C=O) groups is 1. The first-order chi connectivity index (χ1) is 16.6. The maximum Gasteiger partial charge on any atom is 0.272 e. The molecule has 2 aromatic heterocycles. The van der Waals surface area contributed by atoms with Gasteiger partial charge in [-0.2, -0.15) is 5.10 Å². The van der Waals surface area contributed by atoms with Crippen molar-refractivity contribution in [1.29, 1.82) is 0 Å². The second kappa shape index (κ2) is 11.1. The first kappa shape index (κ1) is 23.7. The summed E-state index contributed by atoms with van der Waals surface area (Å²) in [6.07, 6.45) is 2.43. The van der Waals surface area contributed by atoms with Crippen molar-refractivity contribution in [3.05, 3.63) is 59.5 Å². The Labute approximate surface area is 200 Å². The number of benzene rings is 1. The lowest BCUT2D eigenvalue weighted by atomic mass is 10.1. The summed E-state index contributed by atoms with van der Waals surface area (Å²) in [7, 11) is 1.84. The van der Waals surface area contributed by atoms with E-state index in [1.165, 1.54) is 0 Å². The zero-order valence-corrected chi connectivity index (χ0v) is 19.9. The highest BCUT2D eigenvalue weighted by atomic mass is 16.5. The fraction of sp³-hybridized carbons (Fsp3) is 0.400. The van der Waals surface area contributed by atoms with Gasteiger partial charge in [-0.1, -0.05) is 18.2 Å². The van der Waals surface area contributed by atoms with E-state index >= 15 is 0 Å². The Morgan fingerprint density at radius 2 is 2.03 bits per heavy atom. The van der Waals surface area contributed by atoms with Crippen LogP contribution in [-0.2, 0) is 13.5 Å². The van der Waals surface area contributed by atoms with E-state index < -0.39 is 0 Å². The predicted octanol–water partition coefficient (Wildman–Crippen LogP) is 1.51. The number of pyridine rings is 1. The highest BCUT2D eigenvalue weighted by Gasteiger charge is 2.19. The summed E-state index contributed by atoms with van der Waals surface area (Å²) in [4.78, 5) is 19.4. The van der Waals surface area contributed by atoms with Crippen LogP contribution >= 0.6 is 0 Å². The number of hydrogen-bond donors (Lipinski definition) is 3. The van der Waals surface area contributed by atoms with Crippen LogP contribution in [-0.4, -0.2) is 66.5 Å². The maximum atomic E-state index is 12.5. The minimum atomic E-state index is -0.207. The minimum Gasteiger partial charge on any atom is -0.493 e. The molecule has 1 aromatic carbocycles. The van der Waals surface area contributed by atoms with Crippen LogP contribution in [0.5, 0.6) is 5.75 Å². The first-order valence-electron chi connectivity index (χ1n) is 11.7. The Morgan fingerprint density at radius 3 is 2.82 bits per heavy atom. The molecule has 9 nitrogen and oxygen atoms in total. The summed E-state index contributed by atoms with van der Waals surface area (Å²) >= 11 is 0. The fourth-order valence-electron chi connectivity index (χ4n) is 4.15. The SMILES string of the molecule is Cc1c(CCOc2ccccc2-c2ccnc(N3CCNCC3)c2)c(C(=O)NCCN)nn1C. The fourth-order valence-corrected chi connectivity index (χ4v) is 4.15. The molecule has 0 spiro atoms. The van der Waals surface area contributed by atoms with E-state index in [1.54, 1.807) is 4.68 Å². The van der Waals surface area contributed by atoms with Crippen molar-refractivity contribution >= 4 is 11.7 Å². The summed E-state index contributed by atoms with van der Waals surface area (Å²) in [5.74, 6) is 1.57. The van der Waals surface area contributed by atoms with Crippen molar-refractivity contribution < 1.29 is 9.53 Å². The van der Waals surface area contributed by atoms with E-state index in [0.717, 1.165) is 60.1 Å². The molecule has 1 saturated heterocycles. The van der Waals surface area contributed by atoms with Gasteiger partial charge in [0.25, 0.3) is 5.91 Å². The van der Waals surface area contributed by atoms with Gasteiger partial charge in [0.1, 0.15) is 11.6 Å². The summed E-state index contributed by atoms with van der Waals surface area (Å²) in [5, 5.41) is 10.6. The molecule has 180 valence electrons. The molecule has 9 heteroatoms. The van der Waals surface area contributed by atoms with Gasteiger partial charge in [-0.05, 0) is 30.7 Å². The molecule has 0 bridgehead atoms. The average Bonchev–Trinajstić information content (AvgIpc) is 3.17. The van der Waals surface area contributed by atoms with Crippen LogP contribution < -0.4 is 26.0 Å². The van der Waals surface area contributed by atoms with Gasteiger partial charge in [0.05, 0.1) is 6.61 Å². The van der Waals surface area contributed by atoms with Crippen LogP contribution in [0.15, 0.2) is 42.6 Å². The Kier molecular flexibility index (Phi) is 7.76. The zero-order valence-electron chi connectivity index (χ0n) is 19.9. The monoisotopic (exact) mass is 463 g/mol. The molecule has 1 aliphatic heterocycles. The Bertz CT molecular complexity index is 1120. The van der Waals surface area contributed by atoms with Crippen molar-refractivity contribution in [2.75, 3.05) is 50.8 Å². The van der Waals surface area contributed by atoms with Gasteiger partial charge in [0.15, 0.2) is 5.69 Å². The number of nitrogens with zero attached hydrogens (tertiary/aromatic N) is 4. The molecule has 3 heterocycles. The Hall–Kier alpha value is -3.43. The number of piperazine rings is 1. The van der Waals surface area contributed by atoms with E-state index in [2.05, 4.69) is 37.7 Å². The smallest absolute Gasteiger partial charge is 0.272 e. The molecule has 0 unspecified atom stereocenters. The molecule has 0 aliphatic carbocycles. The summed E-state index contributed by atoms with van der Waals surface area (Å²) in [6, 6.07) is 12.2. The van der Waals surface area contributed by atoms with Crippen LogP contribution in [0, 0.1) is 6.92 Å². The topological polar surface area (TPSA) is 110 Å². The molecule has 4 rings (SSSR count). The number of para-hydroxylation sites is 1. The normalized spacial score (nSPS) is 13.7. The third-order valence-electron chi connectivity index (χ3n) is 6.10. The molecule has 1 amide bonds. The number of amides is 1. The molecule has 34 heavy (non-hydrogen) atoms. The number of nitrogens with two attached hydrogens (primary N) is 1. The minimum absolute atomic E-state index is 0.207. The van der Waals surface area contributed by atoms with E-state index in [0.29, 0.717) is 31.8 Å². The van der Waals surface area contributed by atoms with E-state index in [9.17, 15) is 4.79 Å². The van der Waals surface area contributed by atoms with Crippen molar-refractivity contribution in [2.24, 2.45) is 12.8 Å². The van der Waals surface area contributed by atoms with Gasteiger partial charge >= 0.3 is 0 Å². The molecular formula is C25H33N7O2. The average molecular weight is 464 g/mol. The van der Waals surface area contributed by atoms with Crippen molar-refractivity contribution in [1.82, 2.24) is 25.4 Å². The highest BCUT2D eigenvalue weighted by Crippen LogP contribution is 2.31. The van der Waals surface area contributed by atoms with E-state index in [4.69, 9.17) is 10.5 Å². The molecule has 0 radical (unpaired) electrons. The van der Waals surface area contributed by atoms with Crippen molar-refractivity contribution in [2.45, 2.75) is 13.3 Å². The second-order valence-electron chi connectivity index (χ2n) is 8.32. The standard InChI is InChI=1S/C25H33N7O2/c1-18-20(24(30-31(18)2)25(33)29-11-9-26)8-16-34-22-6-4-3-5-21(22)19-7-10-28-23(17-19)32-14-12-27-13-15-32/h3-7,10,17,27H,8-9,11-16,26H2,1-2H3,(H,29,33). The quantitative estimate of drug-likeness (QED) is 0.441. The molecule has 1 fully saturated rings. The van der Waals surface area contributed by atoms with Gasteiger partial charge in [-0.15, -0.1) is 0 Å². The zero-order chi connectivity index (χ0) is 23.9. The van der Waals surface area contributed by atoms with Crippen molar-refractivity contribution in [3.63, 3.8) is 0 Å². The van der Waals surface area contributed by atoms with Crippen LogP contribution in [0.4, 0.5) is 5.82 Å². The lowest BCUT2D eigenvalue weighted by Gasteiger charge is -2.28. The third-order valence-corrected chi connectivity index (χ3v) is 6.10. The molecule has 0 saturated carbocycles. The van der Waals surface area contributed by atoms with Crippen LogP contribution in [0.3, 0.4) is 0 Å². The Balaban J connectivity index is 1.49. The van der Waals surface area contributed by atoms with Gasteiger partial charge in [-0.25, -0.2) is 4.98 Å². The molecule has 3 aromatic rings. The maximum absolute atomic E-state index is 12.5. The summed E-state index contributed by atoms with van der Waals surface area (Å²) < 4.78 is 7.96. The largest absolute Gasteiger partial charge is 0.493 e. The summed E-state index contributed by atoms with van der Waals surface area (Å²) in [6.45, 7) is 7.01. The van der Waals surface area contributed by atoms with Crippen molar-refractivity contribution in [3.8, 4) is 16.9 Å². The number of rotatable bonds is 9. The van der Waals surface area contributed by atoms with Gasteiger partial charge in [0, 0.05) is 75.8 Å². The van der Waals surface area contributed by atoms with Crippen LogP contribution in [0.1, 0.15) is 21.7 Å². The number of ether oxygens (including phenoxy) is 1.